The van der Waals surface area contributed by atoms with Crippen molar-refractivity contribution in [3.05, 3.63) is 60.7 Å². The number of methoxy groups -OCH3 is 1. The summed E-state index contributed by atoms with van der Waals surface area (Å²) in [5.41, 5.74) is 2.02. The highest BCUT2D eigenvalue weighted by atomic mass is 16.5. The van der Waals surface area contributed by atoms with Gasteiger partial charge < -0.3 is 4.74 Å². The van der Waals surface area contributed by atoms with E-state index in [0.29, 0.717) is 0 Å². The zero-order valence-corrected chi connectivity index (χ0v) is 12.4. The van der Waals surface area contributed by atoms with E-state index in [4.69, 9.17) is 4.74 Å². The number of hydrogen-bond donors (Lipinski definition) is 0. The lowest BCUT2D eigenvalue weighted by Crippen LogP contribution is -2.08. The second-order valence-corrected chi connectivity index (χ2v) is 4.18. The second kappa shape index (κ2) is 8.75. The van der Waals surface area contributed by atoms with Gasteiger partial charge >= 0.3 is 0 Å². The summed E-state index contributed by atoms with van der Waals surface area (Å²) in [5, 5.41) is 6.24. The van der Waals surface area contributed by atoms with Crippen LogP contribution in [0.5, 0.6) is 5.75 Å². The lowest BCUT2D eigenvalue weighted by molar-refractivity contribution is 0.415. The molecule has 3 heteroatoms. The van der Waals surface area contributed by atoms with E-state index in [-0.39, 0.29) is 0 Å². The summed E-state index contributed by atoms with van der Waals surface area (Å²) < 4.78 is 5.14. The van der Waals surface area contributed by atoms with Gasteiger partial charge in [0.2, 0.25) is 0 Å². The van der Waals surface area contributed by atoms with E-state index in [1.165, 1.54) is 0 Å². The first-order valence-corrected chi connectivity index (χ1v) is 6.62. The van der Waals surface area contributed by atoms with Gasteiger partial charge in [0, 0.05) is 7.05 Å². The van der Waals surface area contributed by atoms with Crippen molar-refractivity contribution in [1.82, 2.24) is 0 Å². The van der Waals surface area contributed by atoms with Gasteiger partial charge in [0.1, 0.15) is 5.75 Å². The van der Waals surface area contributed by atoms with Crippen LogP contribution in [-0.2, 0) is 0 Å². The van der Waals surface area contributed by atoms with E-state index in [1.54, 1.807) is 13.2 Å². The monoisotopic (exact) mass is 270 g/mol. The highest BCUT2D eigenvalue weighted by molar-refractivity contribution is 5.83. The van der Waals surface area contributed by atoms with E-state index >= 15 is 0 Å². The van der Waals surface area contributed by atoms with Crippen molar-refractivity contribution in [1.29, 1.82) is 0 Å². The lowest BCUT2D eigenvalue weighted by atomic mass is 10.2. The van der Waals surface area contributed by atoms with Crippen LogP contribution in [-0.4, -0.2) is 20.4 Å². The standard InChI is InChI=1S/C17H22N2O/c1-5-7-9-15(8-6-2)14-18-19(3)16-10-12-17(20-4)13-11-16/h6-14H,2,5H2,1,3-4H3/b9-7-,15-8+,18-14+. The molecule has 0 fully saturated rings. The fourth-order valence-electron chi connectivity index (χ4n) is 1.55. The molecule has 0 amide bonds. The van der Waals surface area contributed by atoms with Crippen LogP contribution >= 0.6 is 0 Å². The van der Waals surface area contributed by atoms with Gasteiger partial charge in [0.15, 0.2) is 0 Å². The predicted octanol–water partition coefficient (Wildman–Crippen LogP) is 4.20. The predicted molar refractivity (Wildman–Crippen MR) is 87.6 cm³/mol. The summed E-state index contributed by atoms with van der Waals surface area (Å²) >= 11 is 0. The molecule has 1 rings (SSSR count). The van der Waals surface area contributed by atoms with Crippen LogP contribution in [0, 0.1) is 0 Å². The topological polar surface area (TPSA) is 24.8 Å². The Labute approximate surface area is 121 Å². The number of rotatable bonds is 7. The summed E-state index contributed by atoms with van der Waals surface area (Å²) in [5.74, 6) is 0.837. The summed E-state index contributed by atoms with van der Waals surface area (Å²) in [6.45, 7) is 5.81. The normalized spacial score (nSPS) is 12.1. The number of hydrazone groups is 1. The van der Waals surface area contributed by atoms with E-state index in [1.807, 2.05) is 54.7 Å². The molecule has 0 aliphatic rings. The Morgan fingerprint density at radius 2 is 2.05 bits per heavy atom. The molecule has 0 heterocycles. The molecule has 0 N–H and O–H groups in total. The molecule has 3 nitrogen and oxygen atoms in total. The van der Waals surface area contributed by atoms with Crippen LogP contribution < -0.4 is 9.75 Å². The van der Waals surface area contributed by atoms with Gasteiger partial charge in [-0.15, -0.1) is 0 Å². The van der Waals surface area contributed by atoms with Crippen molar-refractivity contribution in [3.63, 3.8) is 0 Å². The molecule has 0 spiro atoms. The molecule has 20 heavy (non-hydrogen) atoms. The van der Waals surface area contributed by atoms with Crippen molar-refractivity contribution in [3.8, 4) is 5.75 Å². The summed E-state index contributed by atoms with van der Waals surface area (Å²) in [6.07, 6.45) is 10.6. The molecule has 0 atom stereocenters. The number of allylic oxidation sites excluding steroid dienone is 5. The van der Waals surface area contributed by atoms with Crippen LogP contribution in [0.2, 0.25) is 0 Å². The van der Waals surface area contributed by atoms with Gasteiger partial charge in [-0.25, -0.2) is 0 Å². The third-order valence-electron chi connectivity index (χ3n) is 2.68. The molecule has 0 radical (unpaired) electrons. The molecule has 0 aliphatic heterocycles. The van der Waals surface area contributed by atoms with Crippen molar-refractivity contribution < 1.29 is 4.74 Å². The van der Waals surface area contributed by atoms with Gasteiger partial charge in [0.05, 0.1) is 19.0 Å². The molecular weight excluding hydrogens is 248 g/mol. The molecular formula is C17H22N2O. The zero-order valence-electron chi connectivity index (χ0n) is 12.4. The maximum atomic E-state index is 5.14. The Hall–Kier alpha value is -2.29. The van der Waals surface area contributed by atoms with Gasteiger partial charge in [-0.05, 0) is 36.3 Å². The van der Waals surface area contributed by atoms with Crippen molar-refractivity contribution >= 4 is 11.9 Å². The average molecular weight is 270 g/mol. The Morgan fingerprint density at radius 3 is 2.60 bits per heavy atom. The molecule has 0 unspecified atom stereocenters. The van der Waals surface area contributed by atoms with E-state index in [9.17, 15) is 0 Å². The third kappa shape index (κ3) is 5.14. The largest absolute Gasteiger partial charge is 0.497 e. The maximum absolute atomic E-state index is 5.14. The SMILES string of the molecule is C=C/C=C(\C=C/CC)/C=N/N(C)c1ccc(OC)cc1. The lowest BCUT2D eigenvalue weighted by Gasteiger charge is -2.13. The Bertz CT molecular complexity index is 498. The van der Waals surface area contributed by atoms with Crippen molar-refractivity contribution in [2.24, 2.45) is 5.10 Å². The first-order chi connectivity index (χ1) is 9.71. The number of ether oxygens (including phenoxy) is 1. The highest BCUT2D eigenvalue weighted by Crippen LogP contribution is 2.18. The Balaban J connectivity index is 2.78. The number of hydrogen-bond acceptors (Lipinski definition) is 3. The molecule has 0 bridgehead atoms. The van der Waals surface area contributed by atoms with E-state index in [0.717, 1.165) is 23.4 Å². The van der Waals surface area contributed by atoms with Crippen LogP contribution in [0.25, 0.3) is 0 Å². The minimum absolute atomic E-state index is 0.837. The van der Waals surface area contributed by atoms with E-state index in [2.05, 4.69) is 24.7 Å². The van der Waals surface area contributed by atoms with Gasteiger partial charge in [0.25, 0.3) is 0 Å². The molecule has 106 valence electrons. The smallest absolute Gasteiger partial charge is 0.119 e. The molecule has 0 saturated heterocycles. The highest BCUT2D eigenvalue weighted by Gasteiger charge is 1.98. The zero-order chi connectivity index (χ0) is 14.8. The van der Waals surface area contributed by atoms with E-state index < -0.39 is 0 Å². The fraction of sp³-hybridized carbons (Fsp3) is 0.235. The summed E-state index contributed by atoms with van der Waals surface area (Å²) in [6, 6.07) is 7.77. The minimum Gasteiger partial charge on any atom is -0.497 e. The van der Waals surface area contributed by atoms with Crippen LogP contribution in [0.3, 0.4) is 0 Å². The first-order valence-electron chi connectivity index (χ1n) is 6.62. The Morgan fingerprint density at radius 1 is 1.35 bits per heavy atom. The number of anilines is 1. The minimum atomic E-state index is 0.837. The summed E-state index contributed by atoms with van der Waals surface area (Å²) in [7, 11) is 3.57. The molecule has 0 aliphatic carbocycles. The number of nitrogens with zero attached hydrogens (tertiary/aromatic N) is 2. The van der Waals surface area contributed by atoms with Crippen LogP contribution in [0.15, 0.2) is 65.8 Å². The van der Waals surface area contributed by atoms with Crippen LogP contribution in [0.4, 0.5) is 5.69 Å². The van der Waals surface area contributed by atoms with Crippen molar-refractivity contribution in [2.45, 2.75) is 13.3 Å². The third-order valence-corrected chi connectivity index (χ3v) is 2.68. The first kappa shape index (κ1) is 15.8. The number of benzene rings is 1. The molecule has 0 aromatic heterocycles. The Kier molecular flexibility index (Phi) is 6.90. The van der Waals surface area contributed by atoms with Crippen molar-refractivity contribution in [2.75, 3.05) is 19.2 Å². The quantitative estimate of drug-likeness (QED) is 0.421. The average Bonchev–Trinajstić information content (AvgIpc) is 2.49. The van der Waals surface area contributed by atoms with Gasteiger partial charge in [-0.1, -0.05) is 37.8 Å². The van der Waals surface area contributed by atoms with Crippen LogP contribution in [0.1, 0.15) is 13.3 Å². The van der Waals surface area contributed by atoms with Gasteiger partial charge in [-0.2, -0.15) is 5.10 Å². The molecule has 0 saturated carbocycles. The molecule has 1 aromatic rings. The maximum Gasteiger partial charge on any atom is 0.119 e. The fourth-order valence-corrected chi connectivity index (χ4v) is 1.55. The second-order valence-electron chi connectivity index (χ2n) is 4.18. The summed E-state index contributed by atoms with van der Waals surface area (Å²) in [4.78, 5) is 0. The molecule has 1 aromatic carbocycles. The van der Waals surface area contributed by atoms with Gasteiger partial charge in [-0.3, -0.25) is 5.01 Å².